The Kier molecular flexibility index (Phi) is 2.88. The molecule has 0 aromatic carbocycles. The molecule has 1 aliphatic rings. The third kappa shape index (κ3) is 1.76. The summed E-state index contributed by atoms with van der Waals surface area (Å²) in [5.74, 6) is -2.14. The van der Waals surface area contributed by atoms with Gasteiger partial charge in [-0.1, -0.05) is 13.8 Å². The molecule has 0 unspecified atom stereocenters. The summed E-state index contributed by atoms with van der Waals surface area (Å²) >= 11 is 0. The van der Waals surface area contributed by atoms with Crippen LogP contribution in [0.3, 0.4) is 0 Å². The fraction of sp³-hybridized carbons (Fsp3) is 0.667. The Morgan fingerprint density at radius 2 is 1.71 bits per heavy atom. The number of rotatable bonds is 3. The standard InChI is InChI=1S/C9H13NO4/c1-5(2)8(9(13)14)10-6(11)3-4-7(10)12/h5,8H,3-4H2,1-2H3,(H,13,14)/t8-/m1/s1. The fourth-order valence-corrected chi connectivity index (χ4v) is 1.60. The molecule has 0 saturated carbocycles. The van der Waals surface area contributed by atoms with Crippen molar-refractivity contribution in [1.82, 2.24) is 4.90 Å². The van der Waals surface area contributed by atoms with E-state index in [-0.39, 0.29) is 30.6 Å². The van der Waals surface area contributed by atoms with Crippen LogP contribution in [-0.4, -0.2) is 33.8 Å². The minimum absolute atomic E-state index is 0.134. The Labute approximate surface area is 81.7 Å². The van der Waals surface area contributed by atoms with Crippen molar-refractivity contribution in [2.45, 2.75) is 32.7 Å². The SMILES string of the molecule is CC(C)[C@H](C(=O)O)N1C(=O)CCC1=O. The number of imide groups is 1. The average Bonchev–Trinajstić information content (AvgIpc) is 2.34. The van der Waals surface area contributed by atoms with E-state index in [4.69, 9.17) is 5.11 Å². The van der Waals surface area contributed by atoms with Crippen molar-refractivity contribution in [3.63, 3.8) is 0 Å². The number of hydrogen-bond acceptors (Lipinski definition) is 3. The number of nitrogens with zero attached hydrogens (tertiary/aromatic N) is 1. The Morgan fingerprint density at radius 1 is 1.29 bits per heavy atom. The maximum atomic E-state index is 11.3. The number of likely N-dealkylation sites (tertiary alicyclic amines) is 1. The highest BCUT2D eigenvalue weighted by Gasteiger charge is 2.40. The van der Waals surface area contributed by atoms with Crippen LogP contribution < -0.4 is 0 Å². The van der Waals surface area contributed by atoms with Crippen LogP contribution in [-0.2, 0) is 14.4 Å². The molecule has 1 saturated heterocycles. The molecule has 14 heavy (non-hydrogen) atoms. The maximum Gasteiger partial charge on any atom is 0.327 e. The second-order valence-electron chi connectivity index (χ2n) is 3.68. The number of carbonyl (C=O) groups excluding carboxylic acids is 2. The zero-order chi connectivity index (χ0) is 10.9. The van der Waals surface area contributed by atoms with Crippen molar-refractivity contribution in [2.75, 3.05) is 0 Å². The Hall–Kier alpha value is -1.39. The van der Waals surface area contributed by atoms with E-state index in [1.807, 2.05) is 0 Å². The summed E-state index contributed by atoms with van der Waals surface area (Å²) in [5.41, 5.74) is 0. The quantitative estimate of drug-likeness (QED) is 0.661. The van der Waals surface area contributed by atoms with E-state index in [1.54, 1.807) is 13.8 Å². The third-order valence-electron chi connectivity index (χ3n) is 2.25. The van der Waals surface area contributed by atoms with Crippen molar-refractivity contribution in [3.8, 4) is 0 Å². The van der Waals surface area contributed by atoms with Gasteiger partial charge in [-0.25, -0.2) is 4.79 Å². The van der Waals surface area contributed by atoms with Gasteiger partial charge in [0.2, 0.25) is 11.8 Å². The molecule has 0 bridgehead atoms. The van der Waals surface area contributed by atoms with Gasteiger partial charge in [0.25, 0.3) is 0 Å². The summed E-state index contributed by atoms with van der Waals surface area (Å²) in [6.07, 6.45) is 0.269. The van der Waals surface area contributed by atoms with Crippen molar-refractivity contribution >= 4 is 17.8 Å². The minimum atomic E-state index is -1.12. The first kappa shape index (κ1) is 10.7. The number of carboxylic acid groups (broad SMARTS) is 1. The summed E-state index contributed by atoms with van der Waals surface area (Å²) < 4.78 is 0. The van der Waals surface area contributed by atoms with Gasteiger partial charge in [-0.3, -0.25) is 14.5 Å². The Balaban J connectivity index is 2.92. The lowest BCUT2D eigenvalue weighted by atomic mass is 10.0. The first-order valence-corrected chi connectivity index (χ1v) is 4.53. The molecule has 1 heterocycles. The number of carboxylic acids is 1. The van der Waals surface area contributed by atoms with Gasteiger partial charge in [-0.05, 0) is 5.92 Å². The molecule has 0 radical (unpaired) electrons. The molecule has 0 spiro atoms. The van der Waals surface area contributed by atoms with Crippen LogP contribution in [0.4, 0.5) is 0 Å². The van der Waals surface area contributed by atoms with E-state index in [1.165, 1.54) is 0 Å². The van der Waals surface area contributed by atoms with Crippen molar-refractivity contribution in [2.24, 2.45) is 5.92 Å². The molecule has 1 N–H and O–H groups in total. The molecule has 0 aromatic heterocycles. The molecular formula is C9H13NO4. The highest BCUT2D eigenvalue weighted by molar-refractivity contribution is 6.04. The van der Waals surface area contributed by atoms with Crippen molar-refractivity contribution < 1.29 is 19.5 Å². The summed E-state index contributed by atoms with van der Waals surface area (Å²) in [6.45, 7) is 3.36. The number of amides is 2. The van der Waals surface area contributed by atoms with Gasteiger partial charge in [0, 0.05) is 12.8 Å². The molecule has 1 aliphatic heterocycles. The summed E-state index contributed by atoms with van der Waals surface area (Å²) in [7, 11) is 0. The molecule has 1 rings (SSSR count). The van der Waals surface area contributed by atoms with Gasteiger partial charge in [0.15, 0.2) is 0 Å². The van der Waals surface area contributed by atoms with Gasteiger partial charge in [-0.15, -0.1) is 0 Å². The molecule has 5 heteroatoms. The van der Waals surface area contributed by atoms with Gasteiger partial charge >= 0.3 is 5.97 Å². The molecule has 2 amide bonds. The van der Waals surface area contributed by atoms with Crippen LogP contribution in [0.5, 0.6) is 0 Å². The molecule has 78 valence electrons. The van der Waals surface area contributed by atoms with Gasteiger partial charge in [0.1, 0.15) is 6.04 Å². The van der Waals surface area contributed by atoms with E-state index in [0.717, 1.165) is 4.90 Å². The highest BCUT2D eigenvalue weighted by Crippen LogP contribution is 2.20. The monoisotopic (exact) mass is 199 g/mol. The number of aliphatic carboxylic acids is 1. The lowest BCUT2D eigenvalue weighted by Crippen LogP contribution is -2.47. The van der Waals surface area contributed by atoms with Crippen molar-refractivity contribution in [3.05, 3.63) is 0 Å². The van der Waals surface area contributed by atoms with E-state index >= 15 is 0 Å². The molecule has 1 fully saturated rings. The number of hydrogen-bond donors (Lipinski definition) is 1. The summed E-state index contributed by atoms with van der Waals surface area (Å²) in [6, 6.07) is -1.02. The normalized spacial score (nSPS) is 19.2. The van der Waals surface area contributed by atoms with Crippen molar-refractivity contribution in [1.29, 1.82) is 0 Å². The topological polar surface area (TPSA) is 74.7 Å². The molecule has 0 aromatic rings. The Morgan fingerprint density at radius 3 is 2.00 bits per heavy atom. The van der Waals surface area contributed by atoms with Crippen LogP contribution in [0.1, 0.15) is 26.7 Å². The first-order chi connectivity index (χ1) is 6.45. The summed E-state index contributed by atoms with van der Waals surface area (Å²) in [5, 5.41) is 8.89. The van der Waals surface area contributed by atoms with E-state index in [0.29, 0.717) is 0 Å². The maximum absolute atomic E-state index is 11.3. The smallest absolute Gasteiger partial charge is 0.327 e. The van der Waals surface area contributed by atoms with Gasteiger partial charge < -0.3 is 5.11 Å². The minimum Gasteiger partial charge on any atom is -0.480 e. The van der Waals surface area contributed by atoms with Gasteiger partial charge in [0.05, 0.1) is 0 Å². The predicted octanol–water partition coefficient (Wildman–Crippen LogP) is 0.245. The average molecular weight is 199 g/mol. The van der Waals surface area contributed by atoms with Crippen LogP contribution in [0, 0.1) is 5.92 Å². The molecule has 1 atom stereocenters. The fourth-order valence-electron chi connectivity index (χ4n) is 1.60. The predicted molar refractivity (Wildman–Crippen MR) is 47.3 cm³/mol. The van der Waals surface area contributed by atoms with E-state index < -0.39 is 12.0 Å². The van der Waals surface area contributed by atoms with E-state index in [9.17, 15) is 14.4 Å². The zero-order valence-electron chi connectivity index (χ0n) is 8.19. The zero-order valence-corrected chi connectivity index (χ0v) is 8.19. The molecule has 0 aliphatic carbocycles. The molecule has 5 nitrogen and oxygen atoms in total. The Bertz CT molecular complexity index is 269. The second kappa shape index (κ2) is 3.77. The largest absolute Gasteiger partial charge is 0.480 e. The van der Waals surface area contributed by atoms with Crippen LogP contribution in [0.2, 0.25) is 0 Å². The highest BCUT2D eigenvalue weighted by atomic mass is 16.4. The lowest BCUT2D eigenvalue weighted by molar-refractivity contribution is -0.156. The number of carbonyl (C=O) groups is 3. The van der Waals surface area contributed by atoms with Crippen LogP contribution >= 0.6 is 0 Å². The first-order valence-electron chi connectivity index (χ1n) is 4.53. The lowest BCUT2D eigenvalue weighted by Gasteiger charge is -2.25. The third-order valence-corrected chi connectivity index (χ3v) is 2.25. The van der Waals surface area contributed by atoms with Crippen LogP contribution in [0.15, 0.2) is 0 Å². The second-order valence-corrected chi connectivity index (χ2v) is 3.68. The van der Waals surface area contributed by atoms with Crippen LogP contribution in [0.25, 0.3) is 0 Å². The van der Waals surface area contributed by atoms with E-state index in [2.05, 4.69) is 0 Å². The van der Waals surface area contributed by atoms with Gasteiger partial charge in [-0.2, -0.15) is 0 Å². The summed E-state index contributed by atoms with van der Waals surface area (Å²) in [4.78, 5) is 34.3. The molecular weight excluding hydrogens is 186 g/mol.